The Morgan fingerprint density at radius 1 is 1.19 bits per heavy atom. The molecule has 0 bridgehead atoms. The molecule has 0 fully saturated rings. The van der Waals surface area contributed by atoms with Gasteiger partial charge in [-0.2, -0.15) is 0 Å². The maximum atomic E-state index is 12.4. The number of halogens is 1. The molecule has 2 aromatic rings. The summed E-state index contributed by atoms with van der Waals surface area (Å²) in [6.07, 6.45) is 0. The van der Waals surface area contributed by atoms with E-state index in [1.54, 1.807) is 19.2 Å². The van der Waals surface area contributed by atoms with Crippen LogP contribution in [0.15, 0.2) is 28.8 Å². The number of aryl methyl sites for hydroxylation is 2. The average Bonchev–Trinajstić information content (AvgIpc) is 2.94. The summed E-state index contributed by atoms with van der Waals surface area (Å²) in [5, 5.41) is 9.96. The van der Waals surface area contributed by atoms with Crippen molar-refractivity contribution < 1.29 is 18.8 Å². The topological polar surface area (TPSA) is 85.6 Å². The van der Waals surface area contributed by atoms with Crippen molar-refractivity contribution in [3.05, 3.63) is 46.8 Å². The van der Waals surface area contributed by atoms with Crippen LogP contribution in [0.25, 0.3) is 0 Å². The number of hydrogen-bond acceptors (Lipinski definition) is 6. The van der Waals surface area contributed by atoms with E-state index in [4.69, 9.17) is 14.0 Å². The van der Waals surface area contributed by atoms with E-state index in [1.165, 1.54) is 0 Å². The Morgan fingerprint density at radius 2 is 1.96 bits per heavy atom. The van der Waals surface area contributed by atoms with Gasteiger partial charge in [-0.3, -0.25) is 4.79 Å². The summed E-state index contributed by atoms with van der Waals surface area (Å²) in [5.41, 5.74) is 2.20. The Hall–Kier alpha value is -2.09. The molecular formula is C18H26ClN3O4. The van der Waals surface area contributed by atoms with Gasteiger partial charge in [0.1, 0.15) is 18.1 Å². The minimum atomic E-state index is -0.164. The lowest BCUT2D eigenvalue weighted by molar-refractivity contribution is 0.0949. The van der Waals surface area contributed by atoms with E-state index < -0.39 is 0 Å². The monoisotopic (exact) mass is 383 g/mol. The largest absolute Gasteiger partial charge is 0.488 e. The highest BCUT2D eigenvalue weighted by molar-refractivity contribution is 5.96. The molecular weight excluding hydrogens is 358 g/mol. The summed E-state index contributed by atoms with van der Waals surface area (Å²) in [6, 6.07) is 7.18. The molecule has 26 heavy (non-hydrogen) atoms. The van der Waals surface area contributed by atoms with Crippen molar-refractivity contribution >= 4 is 18.3 Å². The third kappa shape index (κ3) is 6.33. The number of hydrogen-bond donors (Lipinski definition) is 2. The fourth-order valence-corrected chi connectivity index (χ4v) is 2.30. The molecule has 7 nitrogen and oxygen atoms in total. The van der Waals surface area contributed by atoms with Gasteiger partial charge in [0.05, 0.1) is 23.4 Å². The molecule has 0 saturated carbocycles. The highest BCUT2D eigenvalue weighted by Crippen LogP contribution is 2.21. The number of nitrogens with one attached hydrogen (secondary N) is 2. The smallest absolute Gasteiger partial charge is 0.255 e. The van der Waals surface area contributed by atoms with Crippen LogP contribution in [-0.4, -0.2) is 44.4 Å². The van der Waals surface area contributed by atoms with E-state index in [-0.39, 0.29) is 18.3 Å². The van der Waals surface area contributed by atoms with Gasteiger partial charge >= 0.3 is 0 Å². The number of ether oxygens (including phenoxy) is 2. The summed E-state index contributed by atoms with van der Waals surface area (Å²) in [5.74, 6) is 1.09. The van der Waals surface area contributed by atoms with Crippen LogP contribution < -0.4 is 15.4 Å². The number of carbonyl (C=O) groups is 1. The van der Waals surface area contributed by atoms with Crippen LogP contribution >= 0.6 is 12.4 Å². The second-order valence-corrected chi connectivity index (χ2v) is 5.59. The Kier molecular flexibility index (Phi) is 9.72. The van der Waals surface area contributed by atoms with E-state index in [2.05, 4.69) is 15.8 Å². The molecule has 0 spiro atoms. The summed E-state index contributed by atoms with van der Waals surface area (Å²) in [4.78, 5) is 12.4. The van der Waals surface area contributed by atoms with E-state index in [0.717, 1.165) is 23.6 Å². The highest BCUT2D eigenvalue weighted by atomic mass is 35.5. The van der Waals surface area contributed by atoms with Crippen LogP contribution in [0.1, 0.15) is 27.4 Å². The van der Waals surface area contributed by atoms with Crippen molar-refractivity contribution in [2.75, 3.05) is 33.4 Å². The summed E-state index contributed by atoms with van der Waals surface area (Å²) < 4.78 is 15.9. The Bertz CT molecular complexity index is 671. The molecule has 1 aromatic carbocycles. The number of amides is 1. The van der Waals surface area contributed by atoms with Gasteiger partial charge in [0.25, 0.3) is 5.91 Å². The molecule has 0 aliphatic carbocycles. The third-order valence-electron chi connectivity index (χ3n) is 3.76. The van der Waals surface area contributed by atoms with Gasteiger partial charge in [0.15, 0.2) is 0 Å². The summed E-state index contributed by atoms with van der Waals surface area (Å²) >= 11 is 0. The maximum Gasteiger partial charge on any atom is 0.255 e. The fraction of sp³-hybridized carbons (Fsp3) is 0.444. The van der Waals surface area contributed by atoms with Crippen molar-refractivity contribution in [2.45, 2.75) is 20.5 Å². The van der Waals surface area contributed by atoms with Gasteiger partial charge in [-0.05, 0) is 26.0 Å². The number of rotatable bonds is 10. The normalized spacial score (nSPS) is 10.3. The van der Waals surface area contributed by atoms with Gasteiger partial charge in [-0.1, -0.05) is 17.3 Å². The predicted molar refractivity (Wildman–Crippen MR) is 101 cm³/mol. The zero-order chi connectivity index (χ0) is 18.1. The van der Waals surface area contributed by atoms with Gasteiger partial charge in [0, 0.05) is 26.7 Å². The van der Waals surface area contributed by atoms with Crippen molar-refractivity contribution in [1.29, 1.82) is 0 Å². The molecule has 8 heteroatoms. The van der Waals surface area contributed by atoms with E-state index in [0.29, 0.717) is 37.6 Å². The van der Waals surface area contributed by atoms with E-state index >= 15 is 0 Å². The average molecular weight is 384 g/mol. The number of aromatic nitrogens is 1. The molecule has 0 unspecified atom stereocenters. The molecule has 1 heterocycles. The SMILES string of the molecule is COCCNCCNC(=O)c1ccccc1OCc1c(C)noc1C.Cl. The van der Waals surface area contributed by atoms with Crippen LogP contribution in [0, 0.1) is 13.8 Å². The van der Waals surface area contributed by atoms with Gasteiger partial charge < -0.3 is 24.6 Å². The van der Waals surface area contributed by atoms with Crippen molar-refractivity contribution in [3.8, 4) is 5.75 Å². The molecule has 2 rings (SSSR count). The van der Waals surface area contributed by atoms with Gasteiger partial charge in [-0.25, -0.2) is 0 Å². The zero-order valence-electron chi connectivity index (χ0n) is 15.3. The second-order valence-electron chi connectivity index (χ2n) is 5.59. The molecule has 144 valence electrons. The van der Waals surface area contributed by atoms with Crippen LogP contribution in [0.4, 0.5) is 0 Å². The van der Waals surface area contributed by atoms with Crippen molar-refractivity contribution in [1.82, 2.24) is 15.8 Å². The third-order valence-corrected chi connectivity index (χ3v) is 3.76. The first-order valence-corrected chi connectivity index (χ1v) is 8.25. The first-order chi connectivity index (χ1) is 12.1. The minimum Gasteiger partial charge on any atom is -0.488 e. The first-order valence-electron chi connectivity index (χ1n) is 8.25. The fourth-order valence-electron chi connectivity index (χ4n) is 2.30. The van der Waals surface area contributed by atoms with Gasteiger partial charge in [0.2, 0.25) is 0 Å². The highest BCUT2D eigenvalue weighted by Gasteiger charge is 2.14. The molecule has 0 saturated heterocycles. The van der Waals surface area contributed by atoms with Crippen LogP contribution in [0.5, 0.6) is 5.75 Å². The lowest BCUT2D eigenvalue weighted by Gasteiger charge is -2.12. The first kappa shape index (κ1) is 22.0. The summed E-state index contributed by atoms with van der Waals surface area (Å²) in [6.45, 7) is 6.62. The Labute approximate surface area is 159 Å². The predicted octanol–water partition coefficient (Wildman–Crippen LogP) is 2.26. The number of carbonyl (C=O) groups excluding carboxylic acids is 1. The van der Waals surface area contributed by atoms with Gasteiger partial charge in [-0.15, -0.1) is 12.4 Å². The number of methoxy groups -OCH3 is 1. The number of benzene rings is 1. The molecule has 0 radical (unpaired) electrons. The molecule has 2 N–H and O–H groups in total. The Morgan fingerprint density at radius 3 is 2.65 bits per heavy atom. The molecule has 0 aliphatic heterocycles. The summed E-state index contributed by atoms with van der Waals surface area (Å²) in [7, 11) is 1.66. The van der Waals surface area contributed by atoms with Crippen LogP contribution in [-0.2, 0) is 11.3 Å². The Balaban J connectivity index is 0.00000338. The lowest BCUT2D eigenvalue weighted by atomic mass is 10.2. The molecule has 1 aromatic heterocycles. The maximum absolute atomic E-state index is 12.4. The van der Waals surface area contributed by atoms with Crippen molar-refractivity contribution in [2.24, 2.45) is 0 Å². The van der Waals surface area contributed by atoms with E-state index in [1.807, 2.05) is 26.0 Å². The van der Waals surface area contributed by atoms with Crippen LogP contribution in [0.2, 0.25) is 0 Å². The molecule has 1 amide bonds. The standard InChI is InChI=1S/C18H25N3O4.ClH/c1-13-16(14(2)25-21-13)12-24-17-7-5-4-6-15(17)18(22)20-9-8-19-10-11-23-3;/h4-7,19H,8-12H2,1-3H3,(H,20,22);1H. The van der Waals surface area contributed by atoms with Crippen molar-refractivity contribution in [3.63, 3.8) is 0 Å². The second kappa shape index (κ2) is 11.5. The van der Waals surface area contributed by atoms with E-state index in [9.17, 15) is 4.79 Å². The molecule has 0 atom stereocenters. The lowest BCUT2D eigenvalue weighted by Crippen LogP contribution is -2.33. The number of nitrogens with zero attached hydrogens (tertiary/aromatic N) is 1. The quantitative estimate of drug-likeness (QED) is 0.612. The van der Waals surface area contributed by atoms with Crippen LogP contribution in [0.3, 0.4) is 0 Å². The zero-order valence-corrected chi connectivity index (χ0v) is 16.1. The minimum absolute atomic E-state index is 0. The number of para-hydroxylation sites is 1. The molecule has 0 aliphatic rings.